The zero-order valence-electron chi connectivity index (χ0n) is 7.77. The molecule has 0 saturated carbocycles. The second kappa shape index (κ2) is 3.79. The van der Waals surface area contributed by atoms with Crippen LogP contribution in [-0.2, 0) is 0 Å². The second-order valence-electron chi connectivity index (χ2n) is 2.61. The zero-order valence-corrected chi connectivity index (χ0v) is 7.77. The van der Waals surface area contributed by atoms with Crippen LogP contribution in [0.1, 0.15) is 6.92 Å². The Balaban J connectivity index is 2.30. The van der Waals surface area contributed by atoms with Gasteiger partial charge in [0.1, 0.15) is 5.52 Å². The van der Waals surface area contributed by atoms with Gasteiger partial charge in [0.15, 0.2) is 6.61 Å². The van der Waals surface area contributed by atoms with Crippen molar-refractivity contribution in [2.24, 2.45) is 0 Å². The molecule has 2 aromatic rings. The van der Waals surface area contributed by atoms with Crippen molar-refractivity contribution in [1.82, 2.24) is 14.6 Å². The summed E-state index contributed by atoms with van der Waals surface area (Å²) in [4.78, 5) is 4.10. The maximum absolute atomic E-state index is 5.37. The van der Waals surface area contributed by atoms with E-state index < -0.39 is 0 Å². The average Bonchev–Trinajstić information content (AvgIpc) is 2.67. The molecule has 0 spiro atoms. The topological polar surface area (TPSA) is 39.4 Å². The lowest BCUT2D eigenvalue weighted by atomic mass is 10.5. The van der Waals surface area contributed by atoms with E-state index in [9.17, 15) is 0 Å². The average molecular weight is 187 g/mol. The minimum Gasteiger partial charge on any atom is -0.463 e. The fourth-order valence-electron chi connectivity index (χ4n) is 1.12. The Morgan fingerprint density at radius 1 is 1.50 bits per heavy atom. The molecule has 0 aliphatic carbocycles. The summed E-state index contributed by atoms with van der Waals surface area (Å²) < 4.78 is 7.08. The minimum absolute atomic E-state index is 0.356. The Hall–Kier alpha value is -2.02. The van der Waals surface area contributed by atoms with Crippen LogP contribution in [0.25, 0.3) is 5.52 Å². The molecule has 0 amide bonds. The smallest absolute Gasteiger partial charge is 0.241 e. The lowest BCUT2D eigenvalue weighted by Crippen LogP contribution is -1.99. The number of rotatable bonds is 2. The highest BCUT2D eigenvalue weighted by Gasteiger charge is 2.02. The van der Waals surface area contributed by atoms with Gasteiger partial charge in [0, 0.05) is 12.4 Å². The summed E-state index contributed by atoms with van der Waals surface area (Å²) in [5.41, 5.74) is 0.852. The maximum atomic E-state index is 5.37. The van der Waals surface area contributed by atoms with Gasteiger partial charge < -0.3 is 4.74 Å². The molecular weight excluding hydrogens is 178 g/mol. The van der Waals surface area contributed by atoms with E-state index in [2.05, 4.69) is 21.9 Å². The molecular formula is C10H9N3O. The third-order valence-corrected chi connectivity index (χ3v) is 1.75. The largest absolute Gasteiger partial charge is 0.463 e. The van der Waals surface area contributed by atoms with Crippen molar-refractivity contribution < 1.29 is 4.74 Å². The van der Waals surface area contributed by atoms with Crippen LogP contribution in [0.5, 0.6) is 5.88 Å². The minimum atomic E-state index is 0.356. The van der Waals surface area contributed by atoms with Gasteiger partial charge >= 0.3 is 0 Å². The first-order valence-corrected chi connectivity index (χ1v) is 4.22. The summed E-state index contributed by atoms with van der Waals surface area (Å²) >= 11 is 0. The molecule has 0 fully saturated rings. The van der Waals surface area contributed by atoms with Gasteiger partial charge in [0.25, 0.3) is 0 Å². The molecule has 0 bridgehead atoms. The predicted octanol–water partition coefficient (Wildman–Crippen LogP) is 1.13. The summed E-state index contributed by atoms with van der Waals surface area (Å²) in [6, 6.07) is 1.85. The van der Waals surface area contributed by atoms with Crippen molar-refractivity contribution in [1.29, 1.82) is 0 Å². The van der Waals surface area contributed by atoms with Crippen molar-refractivity contribution in [2.75, 3.05) is 6.61 Å². The lowest BCUT2D eigenvalue weighted by molar-refractivity contribution is 0.358. The van der Waals surface area contributed by atoms with E-state index in [-0.39, 0.29) is 0 Å². The van der Waals surface area contributed by atoms with E-state index in [1.807, 2.05) is 6.07 Å². The summed E-state index contributed by atoms with van der Waals surface area (Å²) in [6.07, 6.45) is 5.12. The first kappa shape index (κ1) is 8.57. The molecule has 14 heavy (non-hydrogen) atoms. The van der Waals surface area contributed by atoms with Gasteiger partial charge in [-0.1, -0.05) is 5.92 Å². The number of nitrogens with zero attached hydrogens (tertiary/aromatic N) is 3. The van der Waals surface area contributed by atoms with Gasteiger partial charge in [0.05, 0.1) is 6.20 Å². The van der Waals surface area contributed by atoms with Crippen LogP contribution in [0.4, 0.5) is 0 Å². The SMILES string of the molecule is CC#CCOc1nccn2nccc12. The van der Waals surface area contributed by atoms with E-state index in [0.717, 1.165) is 5.52 Å². The van der Waals surface area contributed by atoms with Crippen LogP contribution < -0.4 is 4.74 Å². The van der Waals surface area contributed by atoms with Crippen LogP contribution in [0.3, 0.4) is 0 Å². The van der Waals surface area contributed by atoms with Crippen LogP contribution >= 0.6 is 0 Å². The van der Waals surface area contributed by atoms with E-state index in [1.165, 1.54) is 0 Å². The fraction of sp³-hybridized carbons (Fsp3) is 0.200. The number of ether oxygens (including phenoxy) is 1. The molecule has 0 saturated heterocycles. The van der Waals surface area contributed by atoms with Crippen molar-refractivity contribution >= 4 is 5.52 Å². The standard InChI is InChI=1S/C10H9N3O/c1-2-3-8-14-10-9-4-5-12-13(9)7-6-11-10/h4-7H,8H2,1H3. The van der Waals surface area contributed by atoms with Gasteiger partial charge in [-0.3, -0.25) is 0 Å². The molecule has 2 heterocycles. The molecule has 2 aromatic heterocycles. The molecule has 70 valence electrons. The molecule has 4 heteroatoms. The zero-order chi connectivity index (χ0) is 9.80. The van der Waals surface area contributed by atoms with Crippen LogP contribution in [0, 0.1) is 11.8 Å². The molecule has 4 nitrogen and oxygen atoms in total. The summed E-state index contributed by atoms with van der Waals surface area (Å²) in [6.45, 7) is 2.13. The van der Waals surface area contributed by atoms with E-state index in [4.69, 9.17) is 4.74 Å². The quantitative estimate of drug-likeness (QED) is 0.661. The molecule has 0 radical (unpaired) electrons. The Kier molecular flexibility index (Phi) is 2.32. The number of fused-ring (bicyclic) bond motifs is 1. The number of hydrogen-bond acceptors (Lipinski definition) is 3. The van der Waals surface area contributed by atoms with Gasteiger partial charge in [0.2, 0.25) is 5.88 Å². The van der Waals surface area contributed by atoms with Crippen LogP contribution in [0.2, 0.25) is 0 Å². The predicted molar refractivity (Wildman–Crippen MR) is 51.9 cm³/mol. The van der Waals surface area contributed by atoms with E-state index in [0.29, 0.717) is 12.5 Å². The fourth-order valence-corrected chi connectivity index (χ4v) is 1.12. The molecule has 0 atom stereocenters. The number of hydrogen-bond donors (Lipinski definition) is 0. The van der Waals surface area contributed by atoms with Crippen LogP contribution in [-0.4, -0.2) is 21.2 Å². The van der Waals surface area contributed by atoms with Crippen molar-refractivity contribution in [3.63, 3.8) is 0 Å². The van der Waals surface area contributed by atoms with Crippen molar-refractivity contribution in [2.45, 2.75) is 6.92 Å². The number of aromatic nitrogens is 3. The summed E-state index contributed by atoms with van der Waals surface area (Å²) in [7, 11) is 0. The van der Waals surface area contributed by atoms with Gasteiger partial charge in [-0.25, -0.2) is 9.50 Å². The normalized spacial score (nSPS) is 9.50. The van der Waals surface area contributed by atoms with Gasteiger partial charge in [-0.15, -0.1) is 5.92 Å². The Bertz CT molecular complexity index is 493. The molecule has 0 unspecified atom stereocenters. The first-order chi connectivity index (χ1) is 6.92. The van der Waals surface area contributed by atoms with E-state index in [1.54, 1.807) is 30.0 Å². The summed E-state index contributed by atoms with van der Waals surface area (Å²) in [5, 5.41) is 4.07. The summed E-state index contributed by atoms with van der Waals surface area (Å²) in [5.74, 6) is 6.13. The monoisotopic (exact) mass is 187 g/mol. The molecule has 0 aliphatic rings. The van der Waals surface area contributed by atoms with E-state index >= 15 is 0 Å². The van der Waals surface area contributed by atoms with Crippen molar-refractivity contribution in [3.05, 3.63) is 24.7 Å². The Morgan fingerprint density at radius 2 is 2.43 bits per heavy atom. The molecule has 0 aliphatic heterocycles. The maximum Gasteiger partial charge on any atom is 0.241 e. The highest BCUT2D eigenvalue weighted by atomic mass is 16.5. The highest BCUT2D eigenvalue weighted by Crippen LogP contribution is 2.14. The molecule has 0 N–H and O–H groups in total. The van der Waals surface area contributed by atoms with Crippen molar-refractivity contribution in [3.8, 4) is 17.7 Å². The third kappa shape index (κ3) is 1.52. The van der Waals surface area contributed by atoms with Crippen LogP contribution in [0.15, 0.2) is 24.7 Å². The molecule has 2 rings (SSSR count). The first-order valence-electron chi connectivity index (χ1n) is 4.22. The highest BCUT2D eigenvalue weighted by molar-refractivity contribution is 5.54. The molecule has 0 aromatic carbocycles. The second-order valence-corrected chi connectivity index (χ2v) is 2.61. The Labute approximate surface area is 81.5 Å². The van der Waals surface area contributed by atoms with Gasteiger partial charge in [-0.05, 0) is 13.0 Å². The Morgan fingerprint density at radius 3 is 3.29 bits per heavy atom. The van der Waals surface area contributed by atoms with Gasteiger partial charge in [-0.2, -0.15) is 5.10 Å². The third-order valence-electron chi connectivity index (χ3n) is 1.75. The lowest BCUT2D eigenvalue weighted by Gasteiger charge is -2.01.